The largest absolute Gasteiger partial charge is 0.480 e. The molecule has 11 rings (SSSR count). The smallest absolute Gasteiger partial charge is 0.410 e. The zero-order valence-electron chi connectivity index (χ0n) is 67.8. The molecule has 3 amide bonds. The number of carboxylic acid groups (broad SMARTS) is 1. The lowest BCUT2D eigenvalue weighted by Crippen LogP contribution is -2.50. The van der Waals surface area contributed by atoms with Crippen LogP contribution in [0.2, 0.25) is 0 Å². The molecule has 3 aromatic heterocycles. The molecule has 6 N–H and O–H groups in total. The predicted octanol–water partition coefficient (Wildman–Crippen LogP) is 15.8. The fraction of sp³-hybridized carbons (Fsp3) is 0.372. The number of piperazine rings is 2. The fourth-order valence-electron chi connectivity index (χ4n) is 11.3. The molecule has 2 aliphatic heterocycles. The minimum atomic E-state index is -0.970. The summed E-state index contributed by atoms with van der Waals surface area (Å²) in [5, 5.41) is 16.7. The van der Waals surface area contributed by atoms with Crippen LogP contribution in [0, 0.1) is 0 Å². The molecule has 27 nitrogen and oxygen atoms in total. The summed E-state index contributed by atoms with van der Waals surface area (Å²) in [6.45, 7) is 27.0. The number of rotatable bonds is 21. The van der Waals surface area contributed by atoms with Gasteiger partial charge in [-0.1, -0.05) is 118 Å². The maximum atomic E-state index is 12.3. The molecule has 632 valence electrons. The molecule has 0 bridgehead atoms. The first-order valence-electron chi connectivity index (χ1n) is 38.1. The van der Waals surface area contributed by atoms with Crippen LogP contribution in [0.3, 0.4) is 0 Å². The number of anilines is 2. The van der Waals surface area contributed by atoms with E-state index in [0.29, 0.717) is 115 Å². The van der Waals surface area contributed by atoms with Crippen molar-refractivity contribution in [3.05, 3.63) is 214 Å². The molecule has 3 atom stereocenters. The number of amides is 3. The molecule has 2 aliphatic rings. The van der Waals surface area contributed by atoms with Crippen molar-refractivity contribution >= 4 is 178 Å². The first-order chi connectivity index (χ1) is 56.0. The van der Waals surface area contributed by atoms with Gasteiger partial charge in [0.05, 0.1) is 43.2 Å². The Morgan fingerprint density at radius 1 is 0.441 bits per heavy atom. The molecule has 6 aromatic carbocycles. The zero-order valence-corrected chi connectivity index (χ0v) is 75.7. The molecule has 5 heterocycles. The van der Waals surface area contributed by atoms with Crippen LogP contribution >= 0.6 is 79.6 Å². The van der Waals surface area contributed by atoms with E-state index in [-0.39, 0.29) is 24.1 Å². The lowest BCUT2D eigenvalue weighted by Gasteiger charge is -2.37. The fourth-order valence-corrected chi connectivity index (χ4v) is 13.2. The number of nitrogens with zero attached hydrogens (tertiary/aromatic N) is 7. The van der Waals surface area contributed by atoms with Gasteiger partial charge in [0.25, 0.3) is 0 Å². The monoisotopic (exact) mass is 1940 g/mol. The number of aliphatic carboxylic acids is 1. The highest BCUT2D eigenvalue weighted by molar-refractivity contribution is 9.11. The first-order valence-corrected chi connectivity index (χ1v) is 42.0. The minimum Gasteiger partial charge on any atom is -0.480 e. The summed E-state index contributed by atoms with van der Waals surface area (Å²) in [6, 6.07) is 41.8. The minimum absolute atomic E-state index is 0.263. The van der Waals surface area contributed by atoms with Crippen molar-refractivity contribution in [2.75, 3.05) is 95.2 Å². The molecule has 118 heavy (non-hydrogen) atoms. The van der Waals surface area contributed by atoms with E-state index in [1.54, 1.807) is 81.2 Å². The summed E-state index contributed by atoms with van der Waals surface area (Å²) in [5.74, 6) is -2.95. The Labute approximate surface area is 729 Å². The van der Waals surface area contributed by atoms with Crippen molar-refractivity contribution < 1.29 is 81.4 Å². The topological polar surface area (TPSA) is 354 Å². The van der Waals surface area contributed by atoms with Gasteiger partial charge in [-0.05, 0) is 223 Å². The summed E-state index contributed by atoms with van der Waals surface area (Å²) < 4.78 is 40.4. The van der Waals surface area contributed by atoms with Gasteiger partial charge in [-0.25, -0.2) is 43.7 Å². The van der Waals surface area contributed by atoms with Crippen molar-refractivity contribution in [1.29, 1.82) is 0 Å². The number of pyridine rings is 3. The Hall–Kier alpha value is -9.70. The molecular formula is C86H101Br5N10O17. The summed E-state index contributed by atoms with van der Waals surface area (Å²) >= 11 is 17.0. The molecular weight excluding hydrogens is 1840 g/mol. The molecule has 2 fully saturated rings. The third kappa shape index (κ3) is 32.5. The van der Waals surface area contributed by atoms with E-state index in [4.69, 9.17) is 49.7 Å². The van der Waals surface area contributed by atoms with Crippen LogP contribution in [0.15, 0.2) is 180 Å². The number of esters is 5. The van der Waals surface area contributed by atoms with Crippen LogP contribution in [0.4, 0.5) is 21.0 Å². The SMILES string of the molecule is CCOC(=O)C(Cc1ccc(Br)cc1)NC=O.CCOC(=O)C(N)Cc1ccc(Br)cc1.CCOC(=O)c1cc2ccc(Br)cc2cn1.CCOC(=O)c1cc2ccc(N3CCN(C(=O)OC(C)(C)C)CC3)c(Br)c2cn1.CCOC(=O)c1cc2ccc(N3CCN(C(=O)OC(C)(C)C)CC3)cc2cn1.NC(Cc1ccc(Br)cc1)C(=O)O. The summed E-state index contributed by atoms with van der Waals surface area (Å²) in [5.41, 5.74) is 16.1. The summed E-state index contributed by atoms with van der Waals surface area (Å²) in [7, 11) is 0. The summed E-state index contributed by atoms with van der Waals surface area (Å²) in [6.07, 6.45) is 6.33. The molecule has 9 aromatic rings. The van der Waals surface area contributed by atoms with E-state index >= 15 is 0 Å². The van der Waals surface area contributed by atoms with Crippen molar-refractivity contribution in [3.8, 4) is 0 Å². The Kier molecular flexibility index (Phi) is 39.8. The van der Waals surface area contributed by atoms with Gasteiger partial charge in [0, 0.05) is 117 Å². The van der Waals surface area contributed by atoms with Crippen LogP contribution in [0.1, 0.15) is 124 Å². The highest BCUT2D eigenvalue weighted by Gasteiger charge is 2.29. The van der Waals surface area contributed by atoms with Crippen molar-refractivity contribution in [2.24, 2.45) is 11.5 Å². The van der Waals surface area contributed by atoms with E-state index in [1.807, 2.05) is 157 Å². The van der Waals surface area contributed by atoms with Crippen LogP contribution in [0.25, 0.3) is 32.3 Å². The third-order valence-electron chi connectivity index (χ3n) is 17.1. The van der Waals surface area contributed by atoms with Gasteiger partial charge in [-0.2, -0.15) is 0 Å². The van der Waals surface area contributed by atoms with Crippen LogP contribution in [-0.4, -0.2) is 199 Å². The second-order valence-corrected chi connectivity index (χ2v) is 32.8. The van der Waals surface area contributed by atoms with Gasteiger partial charge in [-0.15, -0.1) is 0 Å². The number of fused-ring (bicyclic) bond motifs is 3. The number of carbonyl (C=O) groups excluding carboxylic acids is 8. The van der Waals surface area contributed by atoms with Crippen LogP contribution in [0.5, 0.6) is 0 Å². The Morgan fingerprint density at radius 2 is 0.814 bits per heavy atom. The third-order valence-corrected chi connectivity index (χ3v) is 20.0. The highest BCUT2D eigenvalue weighted by atomic mass is 79.9. The van der Waals surface area contributed by atoms with Gasteiger partial charge in [0.15, 0.2) is 0 Å². The lowest BCUT2D eigenvalue weighted by atomic mass is 10.1. The average Bonchev–Trinajstić information content (AvgIpc) is 0.783. The number of halogens is 5. The lowest BCUT2D eigenvalue weighted by molar-refractivity contribution is -0.146. The average molecular weight is 1950 g/mol. The van der Waals surface area contributed by atoms with Gasteiger partial charge >= 0.3 is 48.0 Å². The number of carbonyl (C=O) groups is 9. The molecule has 0 aliphatic carbocycles. The Balaban J connectivity index is 0.000000226. The molecule has 0 radical (unpaired) electrons. The van der Waals surface area contributed by atoms with E-state index < -0.39 is 53.2 Å². The normalized spacial score (nSPS) is 13.2. The number of hydrogen-bond donors (Lipinski definition) is 4. The molecule has 2 saturated heterocycles. The molecule has 3 unspecified atom stereocenters. The number of ether oxygens (including phenoxy) is 7. The van der Waals surface area contributed by atoms with Gasteiger partial charge < -0.3 is 74.6 Å². The Morgan fingerprint density at radius 3 is 1.24 bits per heavy atom. The summed E-state index contributed by atoms with van der Waals surface area (Å²) in [4.78, 5) is 124. The molecule has 0 saturated carbocycles. The van der Waals surface area contributed by atoms with Crippen molar-refractivity contribution in [3.63, 3.8) is 0 Å². The first kappa shape index (κ1) is 97.1. The quantitative estimate of drug-likeness (QED) is 0.0295. The van der Waals surface area contributed by atoms with Gasteiger partial charge in [0.1, 0.15) is 46.4 Å². The second-order valence-electron chi connectivity index (χ2n) is 28.3. The maximum Gasteiger partial charge on any atom is 0.410 e. The van der Waals surface area contributed by atoms with Crippen LogP contribution < -0.4 is 26.6 Å². The number of aromatic nitrogens is 3. The zero-order chi connectivity index (χ0) is 86.8. The Bertz CT molecular complexity index is 4830. The highest BCUT2D eigenvalue weighted by Crippen LogP contribution is 2.35. The number of nitrogens with two attached hydrogens (primary N) is 2. The van der Waals surface area contributed by atoms with Gasteiger partial charge in [-0.3, -0.25) is 14.4 Å². The predicted molar refractivity (Wildman–Crippen MR) is 472 cm³/mol. The van der Waals surface area contributed by atoms with Gasteiger partial charge in [0.2, 0.25) is 6.41 Å². The second kappa shape index (κ2) is 48.4. The maximum absolute atomic E-state index is 12.3. The number of nitrogens with one attached hydrogen (secondary N) is 1. The van der Waals surface area contributed by atoms with E-state index in [0.717, 1.165) is 95.8 Å². The van der Waals surface area contributed by atoms with E-state index in [9.17, 15) is 43.2 Å². The van der Waals surface area contributed by atoms with E-state index in [2.05, 4.69) is 116 Å². The van der Waals surface area contributed by atoms with E-state index in [1.165, 1.54) is 0 Å². The standard InChI is InChI=1S/C21H26BrN3O4.C21H27N3O4.C12H14BrNO3.C12H10BrNO2.C11H14BrNO2.C9H10BrNO2/c1-5-28-19(26)16-12-14-6-7-17(18(22)15(14)13-23-16)24-8-10-25(11-9-24)20(27)29-21(2,3)4;1-5-27-19(25)18-13-15-6-7-17(12-16(15)14-22-18)23-8-10-24(11-9-23)20(26)28-21(2,3)4;1-2-17-12(16)11(14-8-15)7-9-3-5-10(13)6-4-9;1-2-16-12(15)11-6-8-3-4-10(13)5-9(8)7-14-11;1-2-15-11(14)10(13)7-8-3-5-9(12)6-4-8;10-7-3-1-6(2-4-7)5-8(11)9(12)13/h6-7,12-13H,5,8-11H2,1-4H3;6-7,12-14H,5,8-11H2,1-4H3;3-6,8,11H,2,7H2,1H3,(H,14,15);3-7H,2H2,1H3;3-6,10H,2,7,13H2,1H3;1-4,8H,5,11H2,(H,12,13). The van der Waals surface area contributed by atoms with Crippen molar-refractivity contribution in [2.45, 2.75) is 125 Å². The number of carboxylic acids is 1. The number of benzene rings is 6. The molecule has 0 spiro atoms. The van der Waals surface area contributed by atoms with Crippen LogP contribution in [-0.2, 0) is 71.6 Å². The number of hydrogen-bond acceptors (Lipinski definition) is 23. The van der Waals surface area contributed by atoms with Crippen molar-refractivity contribution in [1.82, 2.24) is 30.1 Å². The molecule has 32 heteroatoms.